The molecule has 2 aromatic rings. The number of aromatic nitrogens is 1. The smallest absolute Gasteiger partial charge is 0.407 e. The summed E-state index contributed by atoms with van der Waals surface area (Å²) in [6.07, 6.45) is 3.91. The molecule has 4 rings (SSSR count). The van der Waals surface area contributed by atoms with Gasteiger partial charge in [-0.05, 0) is 84.1 Å². The molecule has 2 heterocycles. The number of sulfonamides is 1. The van der Waals surface area contributed by atoms with Crippen LogP contribution in [0, 0.1) is 0 Å². The van der Waals surface area contributed by atoms with E-state index in [0.29, 0.717) is 54.8 Å². The number of hydrogen-bond donors (Lipinski definition) is 2. The van der Waals surface area contributed by atoms with Crippen molar-refractivity contribution >= 4 is 22.0 Å². The summed E-state index contributed by atoms with van der Waals surface area (Å²) in [5, 5.41) is 5.12. The Hall–Kier alpha value is -3.60. The minimum Gasteiger partial charge on any atom is -0.468 e. The molecular weight excluding hydrogens is 532 g/mol. The van der Waals surface area contributed by atoms with Crippen LogP contribution in [-0.2, 0) is 26.0 Å². The number of rotatable bonds is 7. The van der Waals surface area contributed by atoms with Crippen LogP contribution in [0.3, 0.4) is 0 Å². The Labute approximate surface area is 236 Å². The normalized spacial score (nSPS) is 21.5. The molecule has 0 bridgehead atoms. The van der Waals surface area contributed by atoms with Gasteiger partial charge in [0.15, 0.2) is 0 Å². The largest absolute Gasteiger partial charge is 0.468 e. The highest BCUT2D eigenvalue weighted by Crippen LogP contribution is 2.41. The van der Waals surface area contributed by atoms with Crippen molar-refractivity contribution in [2.75, 3.05) is 0 Å². The van der Waals surface area contributed by atoms with Crippen LogP contribution in [0.2, 0.25) is 0 Å². The van der Waals surface area contributed by atoms with E-state index < -0.39 is 33.2 Å². The second-order valence-corrected chi connectivity index (χ2v) is 13.3. The molecule has 0 spiro atoms. The molecule has 1 aromatic carbocycles. The van der Waals surface area contributed by atoms with E-state index in [2.05, 4.69) is 15.6 Å². The highest BCUT2D eigenvalue weighted by atomic mass is 32.2. The second kappa shape index (κ2) is 11.9. The van der Waals surface area contributed by atoms with Crippen LogP contribution in [0.15, 0.2) is 60.2 Å². The van der Waals surface area contributed by atoms with Crippen molar-refractivity contribution in [1.29, 1.82) is 0 Å². The molecule has 2 amide bonds. The topological polar surface area (TPSA) is 127 Å². The zero-order valence-electron chi connectivity index (χ0n) is 23.6. The average molecular weight is 571 g/mol. The Bertz CT molecular complexity index is 1350. The van der Waals surface area contributed by atoms with Crippen LogP contribution in [0.4, 0.5) is 4.79 Å². The molecule has 0 saturated heterocycles. The molecule has 216 valence electrons. The molecule has 2 N–H and O–H groups in total. The lowest BCUT2D eigenvalue weighted by molar-refractivity contribution is 0.0493. The number of carbonyl (C=O) groups is 2. The van der Waals surface area contributed by atoms with Gasteiger partial charge in [0.1, 0.15) is 11.4 Å². The third kappa shape index (κ3) is 6.93. The summed E-state index contributed by atoms with van der Waals surface area (Å²) in [4.78, 5) is 28.8. The van der Waals surface area contributed by atoms with E-state index >= 15 is 0 Å². The molecule has 1 atom stereocenters. The minimum absolute atomic E-state index is 0.137. The SMILES string of the molecule is CC1=C(C)N(S(=O)(=O)C2CCC(NC(=O)OC(C)(C)C)CC2)C(c2ccc(C(=O)NCc3cccnc3)cc2)O1. The maximum atomic E-state index is 13.9. The summed E-state index contributed by atoms with van der Waals surface area (Å²) in [6, 6.07) is 10.3. The fraction of sp³-hybridized carbons (Fsp3) is 0.483. The highest BCUT2D eigenvalue weighted by molar-refractivity contribution is 7.89. The lowest BCUT2D eigenvalue weighted by atomic mass is 9.95. The van der Waals surface area contributed by atoms with Gasteiger partial charge in [0.2, 0.25) is 16.3 Å². The van der Waals surface area contributed by atoms with Crippen molar-refractivity contribution in [2.45, 2.75) is 90.0 Å². The number of benzene rings is 1. The number of pyridine rings is 1. The summed E-state index contributed by atoms with van der Waals surface area (Å²) in [6.45, 7) is 9.24. The maximum Gasteiger partial charge on any atom is 0.407 e. The third-order valence-electron chi connectivity index (χ3n) is 7.07. The van der Waals surface area contributed by atoms with Crippen LogP contribution in [0.5, 0.6) is 0 Å². The van der Waals surface area contributed by atoms with Crippen LogP contribution < -0.4 is 10.6 Å². The third-order valence-corrected chi connectivity index (χ3v) is 9.39. The minimum atomic E-state index is -3.77. The Kier molecular flexibility index (Phi) is 8.72. The van der Waals surface area contributed by atoms with Gasteiger partial charge in [0.05, 0.1) is 10.9 Å². The van der Waals surface area contributed by atoms with Gasteiger partial charge in [-0.15, -0.1) is 0 Å². The molecule has 2 aliphatic rings. The van der Waals surface area contributed by atoms with E-state index in [-0.39, 0.29) is 11.9 Å². The first kappa shape index (κ1) is 29.4. The Morgan fingerprint density at radius 2 is 1.75 bits per heavy atom. The molecule has 11 heteroatoms. The molecule has 1 aliphatic heterocycles. The molecule has 1 aliphatic carbocycles. The molecular formula is C29H38N4O6S. The van der Waals surface area contributed by atoms with Gasteiger partial charge in [-0.3, -0.25) is 9.78 Å². The zero-order chi connectivity index (χ0) is 29.1. The first-order valence-corrected chi connectivity index (χ1v) is 15.0. The van der Waals surface area contributed by atoms with Crippen molar-refractivity contribution in [3.05, 3.63) is 76.9 Å². The van der Waals surface area contributed by atoms with Gasteiger partial charge in [0, 0.05) is 36.1 Å². The first-order chi connectivity index (χ1) is 18.8. The zero-order valence-corrected chi connectivity index (χ0v) is 24.5. The van der Waals surface area contributed by atoms with E-state index in [4.69, 9.17) is 9.47 Å². The number of nitrogens with one attached hydrogen (secondary N) is 2. The molecule has 40 heavy (non-hydrogen) atoms. The molecule has 0 radical (unpaired) electrons. The van der Waals surface area contributed by atoms with E-state index in [1.165, 1.54) is 4.31 Å². The fourth-order valence-corrected chi connectivity index (χ4v) is 7.02. The van der Waals surface area contributed by atoms with Gasteiger partial charge >= 0.3 is 6.09 Å². The summed E-state index contributed by atoms with van der Waals surface area (Å²) in [7, 11) is -3.77. The van der Waals surface area contributed by atoms with Crippen molar-refractivity contribution < 1.29 is 27.5 Å². The monoisotopic (exact) mass is 570 g/mol. The molecule has 1 saturated carbocycles. The van der Waals surface area contributed by atoms with Crippen LogP contribution in [0.1, 0.15) is 88.0 Å². The number of hydrogen-bond acceptors (Lipinski definition) is 7. The van der Waals surface area contributed by atoms with E-state index in [9.17, 15) is 18.0 Å². The van der Waals surface area contributed by atoms with Crippen LogP contribution in [-0.4, -0.2) is 46.6 Å². The van der Waals surface area contributed by atoms with E-state index in [1.807, 2.05) is 12.1 Å². The Balaban J connectivity index is 1.41. The maximum absolute atomic E-state index is 13.9. The molecule has 1 unspecified atom stereocenters. The molecule has 1 aromatic heterocycles. The Morgan fingerprint density at radius 1 is 1.07 bits per heavy atom. The average Bonchev–Trinajstić information content (AvgIpc) is 3.21. The summed E-state index contributed by atoms with van der Waals surface area (Å²) in [5.41, 5.74) is 1.91. The number of nitrogens with zero attached hydrogens (tertiary/aromatic N) is 2. The quantitative estimate of drug-likeness (QED) is 0.491. The first-order valence-electron chi connectivity index (χ1n) is 13.5. The molecule has 1 fully saturated rings. The van der Waals surface area contributed by atoms with Crippen LogP contribution in [0.25, 0.3) is 0 Å². The van der Waals surface area contributed by atoms with Crippen molar-refractivity contribution in [1.82, 2.24) is 19.9 Å². The van der Waals surface area contributed by atoms with Gasteiger partial charge in [-0.25, -0.2) is 17.5 Å². The van der Waals surface area contributed by atoms with Crippen molar-refractivity contribution in [3.8, 4) is 0 Å². The number of carbonyl (C=O) groups excluding carboxylic acids is 2. The van der Waals surface area contributed by atoms with Gasteiger partial charge < -0.3 is 20.1 Å². The van der Waals surface area contributed by atoms with Crippen molar-refractivity contribution in [3.63, 3.8) is 0 Å². The molecule has 10 nitrogen and oxygen atoms in total. The predicted octanol–water partition coefficient (Wildman–Crippen LogP) is 4.76. The lowest BCUT2D eigenvalue weighted by Crippen LogP contribution is -2.45. The van der Waals surface area contributed by atoms with E-state index in [0.717, 1.165) is 5.56 Å². The number of amides is 2. The van der Waals surface area contributed by atoms with Gasteiger partial charge in [-0.1, -0.05) is 18.2 Å². The highest BCUT2D eigenvalue weighted by Gasteiger charge is 2.44. The standard InChI is InChI=1S/C29H38N4O6S/c1-19-20(2)38-27(23-10-8-22(9-11-23)26(34)31-18-21-7-6-16-30-17-21)33(19)40(36,37)25-14-12-24(13-15-25)32-28(35)39-29(3,4)5/h6-11,16-17,24-25,27H,12-15,18H2,1-5H3,(H,31,34)(H,32,35). The Morgan fingerprint density at radius 3 is 2.35 bits per heavy atom. The summed E-state index contributed by atoms with van der Waals surface area (Å²) >= 11 is 0. The van der Waals surface area contributed by atoms with E-state index in [1.54, 1.807) is 71.3 Å². The number of alkyl carbamates (subject to hydrolysis) is 1. The van der Waals surface area contributed by atoms with Gasteiger partial charge in [0.25, 0.3) is 5.91 Å². The second-order valence-electron chi connectivity index (χ2n) is 11.2. The number of ether oxygens (including phenoxy) is 2. The van der Waals surface area contributed by atoms with Gasteiger partial charge in [-0.2, -0.15) is 0 Å². The summed E-state index contributed by atoms with van der Waals surface area (Å²) < 4.78 is 40.5. The fourth-order valence-electron chi connectivity index (χ4n) is 4.89. The predicted molar refractivity (Wildman–Crippen MR) is 150 cm³/mol. The van der Waals surface area contributed by atoms with Crippen molar-refractivity contribution in [2.24, 2.45) is 0 Å². The number of allylic oxidation sites excluding steroid dienone is 2. The summed E-state index contributed by atoms with van der Waals surface area (Å²) in [5.74, 6) is 0.293. The lowest BCUT2D eigenvalue weighted by Gasteiger charge is -2.34. The van der Waals surface area contributed by atoms with Crippen LogP contribution >= 0.6 is 0 Å².